The smallest absolute Gasteiger partial charge is 0.408 e. The summed E-state index contributed by atoms with van der Waals surface area (Å²) in [5.41, 5.74) is 3.18. The number of H-pyrrole nitrogens is 1. The van der Waals surface area contributed by atoms with Gasteiger partial charge in [-0.3, -0.25) is 4.98 Å². The molecule has 0 aliphatic heterocycles. The molecule has 1 N–H and O–H groups in total. The molecule has 3 nitrogen and oxygen atoms in total. The molecule has 0 saturated heterocycles. The average molecular weight is 324 g/mol. The molecule has 2 aromatic rings. The van der Waals surface area contributed by atoms with E-state index in [1.165, 1.54) is 5.56 Å². The maximum Gasteiger partial charge on any atom is 0.417 e. The lowest BCUT2D eigenvalue weighted by Crippen LogP contribution is -1.98. The number of hydrogen-bond acceptors (Lipinski definition) is 2. The van der Waals surface area contributed by atoms with Gasteiger partial charge < -0.3 is 4.42 Å². The van der Waals surface area contributed by atoms with Gasteiger partial charge in [-0.15, -0.1) is 0 Å². The fraction of sp³-hybridized carbons (Fsp3) is 0.533. The molecule has 1 aliphatic rings. The first kappa shape index (κ1) is 13.0. The molecule has 1 aromatic carbocycles. The number of aromatic nitrogens is 1. The number of benzene rings is 1. The summed E-state index contributed by atoms with van der Waals surface area (Å²) in [5, 5.41) is 0. The Morgan fingerprint density at radius 2 is 1.89 bits per heavy atom. The molecule has 1 unspecified atom stereocenters. The zero-order chi connectivity index (χ0) is 14.0. The second-order valence-electron chi connectivity index (χ2n) is 6.59. The summed E-state index contributed by atoms with van der Waals surface area (Å²) in [7, 11) is 0. The van der Waals surface area contributed by atoms with E-state index in [-0.39, 0.29) is 4.83 Å². The monoisotopic (exact) mass is 323 g/mol. The van der Waals surface area contributed by atoms with Gasteiger partial charge in [0, 0.05) is 4.83 Å². The molecule has 1 heterocycles. The van der Waals surface area contributed by atoms with Crippen LogP contribution in [0.4, 0.5) is 0 Å². The summed E-state index contributed by atoms with van der Waals surface area (Å²) < 4.78 is 5.13. The molecule has 1 fully saturated rings. The first-order chi connectivity index (χ1) is 8.75. The molecule has 4 heteroatoms. The van der Waals surface area contributed by atoms with Crippen LogP contribution in [0, 0.1) is 16.7 Å². The van der Waals surface area contributed by atoms with Crippen molar-refractivity contribution in [1.82, 2.24) is 4.98 Å². The van der Waals surface area contributed by atoms with Crippen molar-refractivity contribution in [3.05, 3.63) is 34.3 Å². The summed E-state index contributed by atoms with van der Waals surface area (Å²) in [6.07, 6.45) is 0. The van der Waals surface area contributed by atoms with Crippen LogP contribution in [-0.2, 0) is 0 Å². The first-order valence-electron chi connectivity index (χ1n) is 6.52. The standard InChI is InChI=1S/C15H18BrNO2/c1-14(2)12(15(14,3)4)11(16)8-5-6-9-10(7-8)19-13(18)17-9/h5-7,11-12H,1-4H3,(H,17,18). The Labute approximate surface area is 120 Å². The van der Waals surface area contributed by atoms with Crippen molar-refractivity contribution in [3.8, 4) is 0 Å². The molecule has 0 spiro atoms. The van der Waals surface area contributed by atoms with E-state index < -0.39 is 5.76 Å². The van der Waals surface area contributed by atoms with Crippen molar-refractivity contribution < 1.29 is 4.42 Å². The maximum atomic E-state index is 11.2. The van der Waals surface area contributed by atoms with Crippen molar-refractivity contribution in [2.24, 2.45) is 16.7 Å². The summed E-state index contributed by atoms with van der Waals surface area (Å²) in [5.74, 6) is 0.175. The highest BCUT2D eigenvalue weighted by Crippen LogP contribution is 2.73. The summed E-state index contributed by atoms with van der Waals surface area (Å²) in [6, 6.07) is 5.92. The minimum atomic E-state index is -0.398. The van der Waals surface area contributed by atoms with E-state index in [9.17, 15) is 4.79 Å². The minimum Gasteiger partial charge on any atom is -0.408 e. The quantitative estimate of drug-likeness (QED) is 0.840. The van der Waals surface area contributed by atoms with Crippen LogP contribution in [0.3, 0.4) is 0 Å². The van der Waals surface area contributed by atoms with Gasteiger partial charge in [0.2, 0.25) is 0 Å². The van der Waals surface area contributed by atoms with Crippen LogP contribution in [0.2, 0.25) is 0 Å². The van der Waals surface area contributed by atoms with Crippen LogP contribution in [0.5, 0.6) is 0 Å². The van der Waals surface area contributed by atoms with Crippen molar-refractivity contribution in [2.75, 3.05) is 0 Å². The Morgan fingerprint density at radius 1 is 1.26 bits per heavy atom. The predicted molar refractivity (Wildman–Crippen MR) is 79.6 cm³/mol. The predicted octanol–water partition coefficient (Wildman–Crippen LogP) is 4.24. The van der Waals surface area contributed by atoms with Crippen LogP contribution in [-0.4, -0.2) is 4.98 Å². The van der Waals surface area contributed by atoms with E-state index in [0.717, 1.165) is 5.52 Å². The third-order valence-corrected chi connectivity index (χ3v) is 6.25. The third kappa shape index (κ3) is 1.72. The Hall–Kier alpha value is -1.03. The number of rotatable bonds is 2. The van der Waals surface area contributed by atoms with Gasteiger partial charge in [-0.1, -0.05) is 49.7 Å². The van der Waals surface area contributed by atoms with Gasteiger partial charge in [0.25, 0.3) is 0 Å². The van der Waals surface area contributed by atoms with Crippen LogP contribution < -0.4 is 5.76 Å². The van der Waals surface area contributed by atoms with E-state index in [0.29, 0.717) is 22.3 Å². The normalized spacial score (nSPS) is 22.6. The Morgan fingerprint density at radius 3 is 2.47 bits per heavy atom. The van der Waals surface area contributed by atoms with E-state index >= 15 is 0 Å². The van der Waals surface area contributed by atoms with Crippen LogP contribution >= 0.6 is 15.9 Å². The summed E-state index contributed by atoms with van der Waals surface area (Å²) in [4.78, 5) is 14.1. The SMILES string of the molecule is CC1(C)C(C(Br)c2ccc3[nH]c(=O)oc3c2)C1(C)C. The highest BCUT2D eigenvalue weighted by atomic mass is 79.9. The molecule has 0 amide bonds. The molecule has 19 heavy (non-hydrogen) atoms. The number of aromatic amines is 1. The molecule has 1 saturated carbocycles. The second kappa shape index (κ2) is 3.75. The van der Waals surface area contributed by atoms with Gasteiger partial charge in [-0.25, -0.2) is 4.79 Å². The van der Waals surface area contributed by atoms with Gasteiger partial charge in [-0.2, -0.15) is 0 Å². The number of fused-ring (bicyclic) bond motifs is 1. The number of nitrogens with one attached hydrogen (secondary N) is 1. The topological polar surface area (TPSA) is 46.0 Å². The van der Waals surface area contributed by atoms with Crippen LogP contribution in [0.15, 0.2) is 27.4 Å². The Kier molecular flexibility index (Phi) is 2.56. The number of alkyl halides is 1. The molecular weight excluding hydrogens is 306 g/mol. The molecule has 3 rings (SSSR count). The Balaban J connectivity index is 1.99. The van der Waals surface area contributed by atoms with Gasteiger partial charge in [0.15, 0.2) is 5.58 Å². The first-order valence-corrected chi connectivity index (χ1v) is 7.43. The highest BCUT2D eigenvalue weighted by Gasteiger charge is 2.66. The fourth-order valence-corrected chi connectivity index (χ4v) is 4.91. The molecule has 102 valence electrons. The lowest BCUT2D eigenvalue weighted by Gasteiger charge is -2.12. The van der Waals surface area contributed by atoms with Gasteiger partial charge in [0.1, 0.15) is 0 Å². The van der Waals surface area contributed by atoms with Crippen molar-refractivity contribution in [1.29, 1.82) is 0 Å². The molecule has 0 radical (unpaired) electrons. The number of hydrogen-bond donors (Lipinski definition) is 1. The van der Waals surface area contributed by atoms with Gasteiger partial charge in [0.05, 0.1) is 5.52 Å². The van der Waals surface area contributed by atoms with Crippen molar-refractivity contribution >= 4 is 27.0 Å². The summed E-state index contributed by atoms with van der Waals surface area (Å²) in [6.45, 7) is 9.23. The number of oxazole rings is 1. The second-order valence-corrected chi connectivity index (χ2v) is 7.58. The third-order valence-electron chi connectivity index (χ3n) is 5.19. The number of halogens is 1. The lowest BCUT2D eigenvalue weighted by molar-refractivity contribution is 0.457. The minimum absolute atomic E-state index is 0.280. The van der Waals surface area contributed by atoms with E-state index in [2.05, 4.69) is 54.7 Å². The van der Waals surface area contributed by atoms with E-state index in [4.69, 9.17) is 4.42 Å². The zero-order valence-corrected chi connectivity index (χ0v) is 13.2. The summed E-state index contributed by atoms with van der Waals surface area (Å²) >= 11 is 3.83. The lowest BCUT2D eigenvalue weighted by atomic mass is 10.0. The largest absolute Gasteiger partial charge is 0.417 e. The molecule has 0 bridgehead atoms. The highest BCUT2D eigenvalue weighted by molar-refractivity contribution is 9.09. The molecular formula is C15H18BrNO2. The van der Waals surface area contributed by atoms with Crippen LogP contribution in [0.1, 0.15) is 38.1 Å². The molecule has 1 aromatic heterocycles. The zero-order valence-electron chi connectivity index (χ0n) is 11.6. The molecule has 1 atom stereocenters. The fourth-order valence-electron chi connectivity index (χ4n) is 3.31. The van der Waals surface area contributed by atoms with E-state index in [1.54, 1.807) is 0 Å². The maximum absolute atomic E-state index is 11.2. The van der Waals surface area contributed by atoms with Crippen molar-refractivity contribution in [3.63, 3.8) is 0 Å². The Bertz CT molecular complexity index is 681. The van der Waals surface area contributed by atoms with Gasteiger partial charge in [-0.05, 0) is 34.4 Å². The average Bonchev–Trinajstić information content (AvgIpc) is 2.58. The van der Waals surface area contributed by atoms with E-state index in [1.807, 2.05) is 12.1 Å². The van der Waals surface area contributed by atoms with Crippen LogP contribution in [0.25, 0.3) is 11.1 Å². The van der Waals surface area contributed by atoms with Gasteiger partial charge >= 0.3 is 5.76 Å². The van der Waals surface area contributed by atoms with Crippen molar-refractivity contribution in [2.45, 2.75) is 32.5 Å². The molecule has 1 aliphatic carbocycles.